The van der Waals surface area contributed by atoms with E-state index in [-0.39, 0.29) is 15.1 Å². The third-order valence-corrected chi connectivity index (χ3v) is 3.25. The quantitative estimate of drug-likeness (QED) is 0.734. The summed E-state index contributed by atoms with van der Waals surface area (Å²) in [5, 5.41) is 9.23. The molecule has 0 fully saturated rings. The van der Waals surface area contributed by atoms with E-state index < -0.39 is 28.8 Å². The first-order chi connectivity index (χ1) is 8.41. The fraction of sp³-hybridized carbons (Fsp3) is 0. The predicted molar refractivity (Wildman–Crippen MR) is 66.1 cm³/mol. The Kier molecular flexibility index (Phi) is 3.54. The highest BCUT2D eigenvalue weighted by atomic mass is 79.9. The summed E-state index contributed by atoms with van der Waals surface area (Å²) in [7, 11) is 0. The van der Waals surface area contributed by atoms with Gasteiger partial charge in [0.05, 0.1) is 15.1 Å². The third-order valence-electron chi connectivity index (χ3n) is 2.35. The lowest BCUT2D eigenvalue weighted by atomic mass is 10.0. The highest BCUT2D eigenvalue weighted by Gasteiger charge is 2.19. The fourth-order valence-corrected chi connectivity index (χ4v) is 2.00. The molecule has 1 nitrogen and oxygen atoms in total. The van der Waals surface area contributed by atoms with Gasteiger partial charge in [0.2, 0.25) is 0 Å². The molecule has 0 aromatic heterocycles. The first-order valence-electron chi connectivity index (χ1n) is 4.73. The molecule has 0 aliphatic rings. The summed E-state index contributed by atoms with van der Waals surface area (Å²) in [4.78, 5) is 0. The highest BCUT2D eigenvalue weighted by Crippen LogP contribution is 2.38. The minimum absolute atomic E-state index is 0.0266. The molecule has 2 aromatic carbocycles. The smallest absolute Gasteiger partial charge is 0.148 e. The third kappa shape index (κ3) is 2.20. The van der Waals surface area contributed by atoms with Gasteiger partial charge >= 0.3 is 0 Å². The van der Waals surface area contributed by atoms with Crippen LogP contribution >= 0.6 is 27.5 Å². The molecule has 0 bridgehead atoms. The number of phenols is 1. The number of hydrogen-bond acceptors (Lipinski definition) is 1. The van der Waals surface area contributed by atoms with Crippen LogP contribution in [0.1, 0.15) is 0 Å². The van der Waals surface area contributed by atoms with Crippen molar-refractivity contribution >= 4 is 27.5 Å². The molecule has 1 N–H and O–H groups in total. The zero-order valence-electron chi connectivity index (χ0n) is 8.65. The van der Waals surface area contributed by atoms with Gasteiger partial charge in [0, 0.05) is 11.6 Å². The summed E-state index contributed by atoms with van der Waals surface area (Å²) >= 11 is 8.44. The monoisotopic (exact) mass is 336 g/mol. The van der Waals surface area contributed by atoms with Crippen LogP contribution in [0.4, 0.5) is 13.2 Å². The Labute approximate surface area is 114 Å². The Morgan fingerprint density at radius 1 is 1.06 bits per heavy atom. The lowest BCUT2D eigenvalue weighted by Gasteiger charge is -2.09. The SMILES string of the molecule is Oc1cc(F)c(Cl)cc1-c1c(F)ccc(Br)c1F. The maximum Gasteiger partial charge on any atom is 0.148 e. The first-order valence-corrected chi connectivity index (χ1v) is 5.90. The van der Waals surface area contributed by atoms with Crippen LogP contribution in [0.25, 0.3) is 11.1 Å². The molecule has 0 aliphatic heterocycles. The van der Waals surface area contributed by atoms with Gasteiger partial charge in [0.1, 0.15) is 23.2 Å². The minimum atomic E-state index is -0.895. The molecule has 2 rings (SSSR count). The van der Waals surface area contributed by atoms with E-state index in [9.17, 15) is 18.3 Å². The van der Waals surface area contributed by atoms with Crippen LogP contribution in [-0.2, 0) is 0 Å². The van der Waals surface area contributed by atoms with Crippen LogP contribution in [0.3, 0.4) is 0 Å². The van der Waals surface area contributed by atoms with Crippen molar-refractivity contribution in [2.24, 2.45) is 0 Å². The van der Waals surface area contributed by atoms with Crippen LogP contribution < -0.4 is 0 Å². The molecular formula is C12H5BrClF3O. The normalized spacial score (nSPS) is 10.7. The fourth-order valence-electron chi connectivity index (χ4n) is 1.51. The highest BCUT2D eigenvalue weighted by molar-refractivity contribution is 9.10. The molecule has 2 aromatic rings. The van der Waals surface area contributed by atoms with Gasteiger partial charge in [-0.1, -0.05) is 11.6 Å². The van der Waals surface area contributed by atoms with E-state index in [2.05, 4.69) is 15.9 Å². The molecule has 18 heavy (non-hydrogen) atoms. The number of rotatable bonds is 1. The summed E-state index contributed by atoms with van der Waals surface area (Å²) in [6.07, 6.45) is 0. The van der Waals surface area contributed by atoms with Gasteiger partial charge in [0.15, 0.2) is 0 Å². The van der Waals surface area contributed by atoms with E-state index >= 15 is 0 Å². The molecule has 0 radical (unpaired) electrons. The minimum Gasteiger partial charge on any atom is -0.507 e. The average Bonchev–Trinajstić information content (AvgIpc) is 2.31. The van der Waals surface area contributed by atoms with E-state index in [1.54, 1.807) is 0 Å². The van der Waals surface area contributed by atoms with Crippen LogP contribution in [0.15, 0.2) is 28.7 Å². The second-order valence-electron chi connectivity index (χ2n) is 3.50. The zero-order valence-corrected chi connectivity index (χ0v) is 11.0. The van der Waals surface area contributed by atoms with Crippen molar-refractivity contribution in [3.8, 4) is 16.9 Å². The lowest BCUT2D eigenvalue weighted by Crippen LogP contribution is -1.93. The van der Waals surface area contributed by atoms with Crippen molar-refractivity contribution in [2.45, 2.75) is 0 Å². The summed E-state index contributed by atoms with van der Waals surface area (Å²) in [6, 6.07) is 3.90. The molecule has 0 saturated heterocycles. The van der Waals surface area contributed by atoms with Crippen molar-refractivity contribution in [3.05, 3.63) is 51.2 Å². The van der Waals surface area contributed by atoms with Crippen LogP contribution in [-0.4, -0.2) is 5.11 Å². The van der Waals surface area contributed by atoms with Gasteiger partial charge in [-0.15, -0.1) is 0 Å². The molecule has 0 aliphatic carbocycles. The Morgan fingerprint density at radius 2 is 1.72 bits per heavy atom. The van der Waals surface area contributed by atoms with Gasteiger partial charge < -0.3 is 5.11 Å². The van der Waals surface area contributed by atoms with Crippen molar-refractivity contribution in [1.82, 2.24) is 0 Å². The molecule has 6 heteroatoms. The van der Waals surface area contributed by atoms with E-state index in [0.717, 1.165) is 12.1 Å². The number of benzene rings is 2. The van der Waals surface area contributed by atoms with Gasteiger partial charge in [-0.05, 0) is 34.1 Å². The van der Waals surface area contributed by atoms with Gasteiger partial charge in [-0.2, -0.15) is 0 Å². The van der Waals surface area contributed by atoms with E-state index in [1.165, 1.54) is 6.07 Å². The summed E-state index contributed by atoms with van der Waals surface area (Å²) in [5.74, 6) is -3.23. The maximum atomic E-state index is 13.8. The van der Waals surface area contributed by atoms with Crippen LogP contribution in [0, 0.1) is 17.5 Å². The summed E-state index contributed by atoms with van der Waals surface area (Å²) in [5.41, 5.74) is -0.679. The Hall–Kier alpha value is -1.20. The zero-order chi connectivity index (χ0) is 13.4. The maximum absolute atomic E-state index is 13.8. The lowest BCUT2D eigenvalue weighted by molar-refractivity contribution is 0.469. The second kappa shape index (κ2) is 4.82. The van der Waals surface area contributed by atoms with Crippen molar-refractivity contribution in [1.29, 1.82) is 0 Å². The number of halogens is 5. The van der Waals surface area contributed by atoms with E-state index in [1.807, 2.05) is 0 Å². The molecule has 0 amide bonds. The molecule has 0 unspecified atom stereocenters. The number of hydrogen-bond donors (Lipinski definition) is 1. The summed E-state index contributed by atoms with van der Waals surface area (Å²) < 4.78 is 40.5. The molecule has 0 atom stereocenters. The van der Waals surface area contributed by atoms with Gasteiger partial charge in [-0.25, -0.2) is 13.2 Å². The standard InChI is InChI=1S/C12H5BrClF3O/c13-6-1-2-8(15)11(12(6)17)5-3-7(14)9(16)4-10(5)18/h1-4,18H. The largest absolute Gasteiger partial charge is 0.507 e. The van der Waals surface area contributed by atoms with Gasteiger partial charge in [0.25, 0.3) is 0 Å². The number of aromatic hydroxyl groups is 1. The Morgan fingerprint density at radius 3 is 2.39 bits per heavy atom. The average molecular weight is 338 g/mol. The van der Waals surface area contributed by atoms with Crippen molar-refractivity contribution in [3.63, 3.8) is 0 Å². The Balaban J connectivity index is 2.77. The van der Waals surface area contributed by atoms with Gasteiger partial charge in [-0.3, -0.25) is 0 Å². The Bertz CT molecular complexity index is 631. The predicted octanol–water partition coefficient (Wildman–Crippen LogP) is 4.89. The van der Waals surface area contributed by atoms with E-state index in [4.69, 9.17) is 11.6 Å². The second-order valence-corrected chi connectivity index (χ2v) is 4.76. The first kappa shape index (κ1) is 13.2. The molecular weight excluding hydrogens is 332 g/mol. The molecule has 0 heterocycles. The topological polar surface area (TPSA) is 20.2 Å². The van der Waals surface area contributed by atoms with E-state index in [0.29, 0.717) is 6.07 Å². The summed E-state index contributed by atoms with van der Waals surface area (Å²) in [6.45, 7) is 0. The van der Waals surface area contributed by atoms with Crippen LogP contribution in [0.2, 0.25) is 5.02 Å². The number of phenolic OH excluding ortho intramolecular Hbond substituents is 1. The molecule has 0 saturated carbocycles. The van der Waals surface area contributed by atoms with Crippen LogP contribution in [0.5, 0.6) is 5.75 Å². The van der Waals surface area contributed by atoms with Crippen molar-refractivity contribution in [2.75, 3.05) is 0 Å². The molecule has 94 valence electrons. The van der Waals surface area contributed by atoms with Crippen molar-refractivity contribution < 1.29 is 18.3 Å². The molecule has 0 spiro atoms.